The number of benzene rings is 2. The predicted molar refractivity (Wildman–Crippen MR) is 137 cm³/mol. The van der Waals surface area contributed by atoms with Crippen LogP contribution in [-0.4, -0.2) is 34.3 Å². The Morgan fingerprint density at radius 3 is 2.59 bits per heavy atom. The molecular weight excluding hydrogens is 446 g/mol. The third kappa shape index (κ3) is 4.52. The van der Waals surface area contributed by atoms with Crippen LogP contribution >= 0.6 is 11.6 Å². The number of amidine groups is 1. The number of likely N-dealkylation sites (tertiary alicyclic amines) is 1. The second kappa shape index (κ2) is 9.82. The van der Waals surface area contributed by atoms with Crippen molar-refractivity contribution in [1.29, 1.82) is 5.26 Å². The van der Waals surface area contributed by atoms with Crippen LogP contribution in [0.1, 0.15) is 23.2 Å². The minimum absolute atomic E-state index is 0.131. The first-order chi connectivity index (χ1) is 16.4. The summed E-state index contributed by atoms with van der Waals surface area (Å²) in [5.41, 5.74) is 11.6. The minimum atomic E-state index is -0.225. The van der Waals surface area contributed by atoms with Crippen LogP contribution < -0.4 is 5.73 Å². The zero-order chi connectivity index (χ0) is 24.2. The van der Waals surface area contributed by atoms with Crippen molar-refractivity contribution in [3.63, 3.8) is 0 Å². The molecule has 7 heteroatoms. The molecule has 1 fully saturated rings. The summed E-state index contributed by atoms with van der Waals surface area (Å²) in [6.45, 7) is 7.03. The van der Waals surface area contributed by atoms with Crippen LogP contribution in [0.4, 0.5) is 0 Å². The monoisotopic (exact) mass is 469 g/mol. The van der Waals surface area contributed by atoms with Crippen LogP contribution in [-0.2, 0) is 4.79 Å². The topological polar surface area (TPSA) is 87.4 Å². The number of amides is 1. The van der Waals surface area contributed by atoms with Crippen LogP contribution in [0.2, 0.25) is 5.02 Å². The number of aliphatic imine (C=N–C) groups is 1. The Morgan fingerprint density at radius 1 is 1.24 bits per heavy atom. The lowest BCUT2D eigenvalue weighted by atomic mass is 10.0. The van der Waals surface area contributed by atoms with Gasteiger partial charge in [-0.25, -0.2) is 4.99 Å². The van der Waals surface area contributed by atoms with Gasteiger partial charge in [-0.2, -0.15) is 5.26 Å². The van der Waals surface area contributed by atoms with E-state index in [9.17, 15) is 10.1 Å². The first kappa shape index (κ1) is 23.1. The Labute approximate surface area is 203 Å². The van der Waals surface area contributed by atoms with E-state index >= 15 is 0 Å². The van der Waals surface area contributed by atoms with Gasteiger partial charge in [0.1, 0.15) is 17.5 Å². The Kier molecular flexibility index (Phi) is 6.67. The number of nitrogens with two attached hydrogens (primary N) is 1. The summed E-state index contributed by atoms with van der Waals surface area (Å²) in [6.07, 6.45) is 6.03. The Morgan fingerprint density at radius 2 is 1.97 bits per heavy atom. The number of nitriles is 1. The standard InChI is InChI=1S/C27H24ClN5O/c1-3-31-26(30)25-18(2)33(17-24(25)20-8-10-22(28)11-9-20)23-7-4-6-19(15-23)14-21(16-29)27(34)32-12-5-13-32/h3-4,6-11,14-15,17H,1,5,12-13H2,2H3,(H2,30,31). The molecule has 0 saturated carbocycles. The average Bonchev–Trinajstić information content (AvgIpc) is 3.14. The zero-order valence-electron chi connectivity index (χ0n) is 18.8. The van der Waals surface area contributed by atoms with Gasteiger partial charge in [-0.15, -0.1) is 0 Å². The smallest absolute Gasteiger partial charge is 0.264 e. The van der Waals surface area contributed by atoms with Crippen molar-refractivity contribution in [2.24, 2.45) is 10.7 Å². The van der Waals surface area contributed by atoms with E-state index in [0.29, 0.717) is 23.9 Å². The maximum atomic E-state index is 12.5. The lowest BCUT2D eigenvalue weighted by Gasteiger charge is -2.30. The quantitative estimate of drug-likeness (QED) is 0.236. The number of aromatic nitrogens is 1. The van der Waals surface area contributed by atoms with E-state index in [2.05, 4.69) is 11.6 Å². The molecule has 1 aliphatic heterocycles. The summed E-state index contributed by atoms with van der Waals surface area (Å²) < 4.78 is 2.02. The maximum absolute atomic E-state index is 12.5. The van der Waals surface area contributed by atoms with Gasteiger partial charge in [0.2, 0.25) is 0 Å². The van der Waals surface area contributed by atoms with Crippen LogP contribution in [0.5, 0.6) is 0 Å². The van der Waals surface area contributed by atoms with Gasteiger partial charge in [0.15, 0.2) is 0 Å². The van der Waals surface area contributed by atoms with Gasteiger partial charge in [-0.1, -0.05) is 42.4 Å². The third-order valence-corrected chi connectivity index (χ3v) is 6.10. The largest absolute Gasteiger partial charge is 0.383 e. The van der Waals surface area contributed by atoms with Gasteiger partial charge < -0.3 is 15.2 Å². The zero-order valence-corrected chi connectivity index (χ0v) is 19.6. The van der Waals surface area contributed by atoms with E-state index in [-0.39, 0.29) is 11.5 Å². The van der Waals surface area contributed by atoms with E-state index < -0.39 is 0 Å². The molecule has 34 heavy (non-hydrogen) atoms. The number of hydrogen-bond acceptors (Lipinski definition) is 3. The molecular formula is C27H24ClN5O. The Balaban J connectivity index is 1.80. The van der Waals surface area contributed by atoms with Crippen molar-refractivity contribution in [1.82, 2.24) is 9.47 Å². The molecule has 2 N–H and O–H groups in total. The number of halogens is 1. The normalized spacial score (nSPS) is 13.9. The van der Waals surface area contributed by atoms with E-state index in [0.717, 1.165) is 40.1 Å². The van der Waals surface area contributed by atoms with Crippen LogP contribution in [0.25, 0.3) is 22.9 Å². The summed E-state index contributed by atoms with van der Waals surface area (Å²) in [5, 5.41) is 10.2. The highest BCUT2D eigenvalue weighted by Gasteiger charge is 2.23. The summed E-state index contributed by atoms with van der Waals surface area (Å²) in [6, 6.07) is 17.2. The maximum Gasteiger partial charge on any atom is 0.264 e. The Bertz CT molecular complexity index is 1350. The molecule has 2 aromatic carbocycles. The van der Waals surface area contributed by atoms with Gasteiger partial charge in [-0.3, -0.25) is 4.79 Å². The van der Waals surface area contributed by atoms with E-state index in [1.807, 2.05) is 72.3 Å². The second-order valence-electron chi connectivity index (χ2n) is 7.99. The fourth-order valence-corrected chi connectivity index (χ4v) is 4.10. The molecule has 0 spiro atoms. The highest BCUT2D eigenvalue weighted by atomic mass is 35.5. The van der Waals surface area contributed by atoms with Crippen molar-refractivity contribution in [2.75, 3.05) is 13.1 Å². The molecule has 0 radical (unpaired) electrons. The molecule has 170 valence electrons. The molecule has 0 aliphatic carbocycles. The van der Waals surface area contributed by atoms with Gasteiger partial charge in [0.05, 0.1) is 0 Å². The summed E-state index contributed by atoms with van der Waals surface area (Å²) in [7, 11) is 0. The lowest BCUT2D eigenvalue weighted by molar-refractivity contribution is -0.129. The van der Waals surface area contributed by atoms with Crippen LogP contribution in [0, 0.1) is 18.3 Å². The first-order valence-electron chi connectivity index (χ1n) is 10.9. The highest BCUT2D eigenvalue weighted by molar-refractivity contribution is 6.30. The lowest BCUT2D eigenvalue weighted by Crippen LogP contribution is -2.42. The highest BCUT2D eigenvalue weighted by Crippen LogP contribution is 2.31. The predicted octanol–water partition coefficient (Wildman–Crippen LogP) is 5.09. The third-order valence-electron chi connectivity index (χ3n) is 5.85. The summed E-state index contributed by atoms with van der Waals surface area (Å²) >= 11 is 6.09. The summed E-state index contributed by atoms with van der Waals surface area (Å²) in [5.74, 6) is 0.135. The molecule has 0 unspecified atom stereocenters. The van der Waals surface area contributed by atoms with Crippen molar-refractivity contribution >= 4 is 29.4 Å². The number of carbonyl (C=O) groups is 1. The van der Waals surface area contributed by atoms with Crippen molar-refractivity contribution in [3.05, 3.63) is 94.9 Å². The van der Waals surface area contributed by atoms with Crippen molar-refractivity contribution < 1.29 is 4.79 Å². The molecule has 1 aromatic heterocycles. The van der Waals surface area contributed by atoms with Gasteiger partial charge in [-0.05, 0) is 54.8 Å². The van der Waals surface area contributed by atoms with Crippen LogP contribution in [0.15, 0.2) is 78.1 Å². The average molecular weight is 470 g/mol. The van der Waals surface area contributed by atoms with Crippen molar-refractivity contribution in [3.8, 4) is 22.9 Å². The molecule has 1 aliphatic rings. The fourth-order valence-electron chi connectivity index (χ4n) is 3.97. The number of carbonyl (C=O) groups excluding carboxylic acids is 1. The molecule has 6 nitrogen and oxygen atoms in total. The molecule has 4 rings (SSSR count). The first-order valence-corrected chi connectivity index (χ1v) is 11.2. The molecule has 0 bridgehead atoms. The molecule has 3 aromatic rings. The number of hydrogen-bond donors (Lipinski definition) is 1. The van der Waals surface area contributed by atoms with Crippen molar-refractivity contribution in [2.45, 2.75) is 13.3 Å². The van der Waals surface area contributed by atoms with Gasteiger partial charge in [0.25, 0.3) is 5.91 Å². The van der Waals surface area contributed by atoms with Crippen LogP contribution in [0.3, 0.4) is 0 Å². The number of rotatable bonds is 6. The molecule has 0 atom stereocenters. The minimum Gasteiger partial charge on any atom is -0.383 e. The summed E-state index contributed by atoms with van der Waals surface area (Å²) in [4.78, 5) is 18.4. The van der Waals surface area contributed by atoms with E-state index in [1.165, 1.54) is 6.20 Å². The van der Waals surface area contributed by atoms with Gasteiger partial charge in [0, 0.05) is 53.0 Å². The SMILES string of the molecule is C=CN=C(N)c1c(-c2ccc(Cl)cc2)cn(-c2cccc(C=C(C#N)C(=O)N3CCC3)c2)c1C. The molecule has 2 heterocycles. The van der Waals surface area contributed by atoms with E-state index in [4.69, 9.17) is 17.3 Å². The second-order valence-corrected chi connectivity index (χ2v) is 8.42. The number of nitrogens with zero attached hydrogens (tertiary/aromatic N) is 4. The molecule has 1 amide bonds. The van der Waals surface area contributed by atoms with E-state index in [1.54, 1.807) is 11.0 Å². The molecule has 1 saturated heterocycles. The Hall–Kier alpha value is -4.08. The van der Waals surface area contributed by atoms with Gasteiger partial charge >= 0.3 is 0 Å². The fraction of sp³-hybridized carbons (Fsp3) is 0.148.